The molecule has 1 heterocycles. The van der Waals surface area contributed by atoms with E-state index in [1.54, 1.807) is 60.7 Å². The molecule has 0 aromatic heterocycles. The highest BCUT2D eigenvalue weighted by atomic mass is 19.1. The number of hydrogen-bond donors (Lipinski definition) is 1. The van der Waals surface area contributed by atoms with E-state index in [0.717, 1.165) is 0 Å². The Hall–Kier alpha value is -4.90. The fraction of sp³-hybridized carbons (Fsp3) is 0.107. The number of allylic oxidation sites excluding steroid dienone is 3. The van der Waals surface area contributed by atoms with Gasteiger partial charge in [0, 0.05) is 16.7 Å². The zero-order chi connectivity index (χ0) is 25.4. The van der Waals surface area contributed by atoms with E-state index in [0.29, 0.717) is 22.6 Å². The number of carbonyl (C=O) groups is 2. The maximum Gasteiger partial charge on any atom is 0.229 e. The standard InChI is InChI=1S/C28H19FN2O5/c1-34-22-12-15(10-11-21(22)35-14-16-6-2-5-9-20(16)29)23-19(13-30)28(31)36-27-24(23)25(32)17-7-3-4-8-18(17)26(27)33/h2-12,23H,14,31H2,1H3. The van der Waals surface area contributed by atoms with Crippen molar-refractivity contribution in [2.24, 2.45) is 5.73 Å². The minimum atomic E-state index is -0.960. The molecular weight excluding hydrogens is 463 g/mol. The SMILES string of the molecule is COc1cc(C2C(C#N)=C(N)OC3=C2C(=O)c2ccccc2C3=O)ccc1OCc1ccccc1F. The van der Waals surface area contributed by atoms with Crippen LogP contribution in [-0.4, -0.2) is 18.7 Å². The Morgan fingerprint density at radius 2 is 1.69 bits per heavy atom. The van der Waals surface area contributed by atoms with Gasteiger partial charge in [-0.25, -0.2) is 4.39 Å². The molecule has 1 aliphatic carbocycles. The largest absolute Gasteiger partial charge is 0.493 e. The summed E-state index contributed by atoms with van der Waals surface area (Å²) in [4.78, 5) is 26.7. The van der Waals surface area contributed by atoms with Crippen LogP contribution in [0, 0.1) is 17.1 Å². The fourth-order valence-electron chi connectivity index (χ4n) is 4.39. The summed E-state index contributed by atoms with van der Waals surface area (Å²) in [5, 5.41) is 9.87. The molecule has 36 heavy (non-hydrogen) atoms. The summed E-state index contributed by atoms with van der Waals surface area (Å²) < 4.78 is 30.8. The van der Waals surface area contributed by atoms with Crippen LogP contribution in [-0.2, 0) is 11.3 Å². The van der Waals surface area contributed by atoms with Crippen LogP contribution < -0.4 is 15.2 Å². The summed E-state index contributed by atoms with van der Waals surface area (Å²) in [6, 6.07) is 19.5. The predicted molar refractivity (Wildman–Crippen MR) is 127 cm³/mol. The van der Waals surface area contributed by atoms with Gasteiger partial charge in [-0.2, -0.15) is 5.26 Å². The zero-order valence-corrected chi connectivity index (χ0v) is 19.1. The molecule has 178 valence electrons. The van der Waals surface area contributed by atoms with Crippen molar-refractivity contribution < 1.29 is 28.2 Å². The van der Waals surface area contributed by atoms with E-state index in [1.165, 1.54) is 13.2 Å². The predicted octanol–water partition coefficient (Wildman–Crippen LogP) is 4.55. The van der Waals surface area contributed by atoms with Crippen LogP contribution in [0.4, 0.5) is 4.39 Å². The van der Waals surface area contributed by atoms with Crippen molar-refractivity contribution >= 4 is 11.6 Å². The van der Waals surface area contributed by atoms with Crippen LogP contribution in [0.1, 0.15) is 37.8 Å². The number of fused-ring (bicyclic) bond motifs is 1. The van der Waals surface area contributed by atoms with E-state index in [1.807, 2.05) is 6.07 Å². The molecule has 0 radical (unpaired) electrons. The Morgan fingerprint density at radius 3 is 2.39 bits per heavy atom. The Kier molecular flexibility index (Phi) is 5.74. The number of nitriles is 1. The molecule has 7 nitrogen and oxygen atoms in total. The summed E-state index contributed by atoms with van der Waals surface area (Å²) in [5.41, 5.74) is 7.34. The number of halogens is 1. The third kappa shape index (κ3) is 3.67. The number of benzene rings is 3. The van der Waals surface area contributed by atoms with Gasteiger partial charge in [-0.3, -0.25) is 9.59 Å². The average Bonchev–Trinajstić information content (AvgIpc) is 2.90. The number of ether oxygens (including phenoxy) is 3. The second-order valence-corrected chi connectivity index (χ2v) is 8.16. The smallest absolute Gasteiger partial charge is 0.229 e. The van der Waals surface area contributed by atoms with Gasteiger partial charge in [-0.1, -0.05) is 48.5 Å². The van der Waals surface area contributed by atoms with Gasteiger partial charge in [0.1, 0.15) is 24.1 Å². The van der Waals surface area contributed by atoms with Crippen LogP contribution in [0.25, 0.3) is 0 Å². The first kappa shape index (κ1) is 22.9. The van der Waals surface area contributed by atoms with E-state index in [-0.39, 0.29) is 40.5 Å². The number of rotatable bonds is 5. The van der Waals surface area contributed by atoms with Crippen LogP contribution in [0.15, 0.2) is 89.5 Å². The number of nitrogens with zero attached hydrogens (tertiary/aromatic N) is 1. The molecule has 5 rings (SSSR count). The Bertz CT molecular complexity index is 1530. The van der Waals surface area contributed by atoms with Gasteiger partial charge in [0.15, 0.2) is 23.0 Å². The fourth-order valence-corrected chi connectivity index (χ4v) is 4.39. The molecule has 0 spiro atoms. The van der Waals surface area contributed by atoms with Gasteiger partial charge in [0.25, 0.3) is 0 Å². The van der Waals surface area contributed by atoms with Crippen molar-refractivity contribution in [1.29, 1.82) is 5.26 Å². The molecule has 0 saturated carbocycles. The first-order chi connectivity index (χ1) is 17.4. The molecule has 0 fully saturated rings. The van der Waals surface area contributed by atoms with Gasteiger partial charge in [0.05, 0.1) is 18.6 Å². The third-order valence-corrected chi connectivity index (χ3v) is 6.15. The molecule has 2 aliphatic rings. The lowest BCUT2D eigenvalue weighted by molar-refractivity contribution is 0.0897. The third-order valence-electron chi connectivity index (χ3n) is 6.15. The Morgan fingerprint density at radius 1 is 1.00 bits per heavy atom. The second kappa shape index (κ2) is 9.04. The summed E-state index contributed by atoms with van der Waals surface area (Å²) in [5.74, 6) is -2.08. The van der Waals surface area contributed by atoms with Crippen LogP contribution >= 0.6 is 0 Å². The van der Waals surface area contributed by atoms with Crippen molar-refractivity contribution in [3.8, 4) is 17.6 Å². The van der Waals surface area contributed by atoms with E-state index >= 15 is 0 Å². The average molecular weight is 482 g/mol. The second-order valence-electron chi connectivity index (χ2n) is 8.16. The van der Waals surface area contributed by atoms with Crippen LogP contribution in [0.2, 0.25) is 0 Å². The van der Waals surface area contributed by atoms with Crippen molar-refractivity contribution in [2.75, 3.05) is 7.11 Å². The molecule has 0 amide bonds. The number of Topliss-reactive ketones (excluding diaryl/α,β-unsaturated/α-hetero) is 2. The summed E-state index contributed by atoms with van der Waals surface area (Å²) >= 11 is 0. The lowest BCUT2D eigenvalue weighted by atomic mass is 9.75. The van der Waals surface area contributed by atoms with Gasteiger partial charge in [-0.05, 0) is 23.8 Å². The van der Waals surface area contributed by atoms with Crippen LogP contribution in [0.3, 0.4) is 0 Å². The number of methoxy groups -OCH3 is 1. The zero-order valence-electron chi connectivity index (χ0n) is 19.1. The van der Waals surface area contributed by atoms with Gasteiger partial charge in [0.2, 0.25) is 11.7 Å². The molecule has 1 unspecified atom stereocenters. The number of nitrogens with two attached hydrogens (primary N) is 1. The van der Waals surface area contributed by atoms with Gasteiger partial charge in [-0.15, -0.1) is 0 Å². The molecule has 2 N–H and O–H groups in total. The highest BCUT2D eigenvalue weighted by Gasteiger charge is 2.43. The minimum Gasteiger partial charge on any atom is -0.493 e. The van der Waals surface area contributed by atoms with E-state index in [2.05, 4.69) is 0 Å². The number of ketones is 2. The quantitative estimate of drug-likeness (QED) is 0.568. The molecule has 0 saturated heterocycles. The van der Waals surface area contributed by atoms with Gasteiger partial charge >= 0.3 is 0 Å². The van der Waals surface area contributed by atoms with Crippen molar-refractivity contribution in [3.05, 3.63) is 118 Å². The lowest BCUT2D eigenvalue weighted by Crippen LogP contribution is -2.32. The van der Waals surface area contributed by atoms with E-state index < -0.39 is 23.3 Å². The maximum absolute atomic E-state index is 14.0. The van der Waals surface area contributed by atoms with Crippen molar-refractivity contribution in [2.45, 2.75) is 12.5 Å². The highest BCUT2D eigenvalue weighted by Crippen LogP contribution is 2.45. The highest BCUT2D eigenvalue weighted by molar-refractivity contribution is 6.27. The lowest BCUT2D eigenvalue weighted by Gasteiger charge is -2.31. The topological polar surface area (TPSA) is 112 Å². The molecule has 1 aliphatic heterocycles. The molecule has 1 atom stereocenters. The minimum absolute atomic E-state index is 0.00337. The molecule has 3 aromatic rings. The van der Waals surface area contributed by atoms with E-state index in [4.69, 9.17) is 19.9 Å². The number of hydrogen-bond acceptors (Lipinski definition) is 7. The van der Waals surface area contributed by atoms with Gasteiger partial charge < -0.3 is 19.9 Å². The molecule has 3 aromatic carbocycles. The Balaban J connectivity index is 1.57. The molecular formula is C28H19FN2O5. The summed E-state index contributed by atoms with van der Waals surface area (Å²) in [6.07, 6.45) is 0. The maximum atomic E-state index is 14.0. The monoisotopic (exact) mass is 482 g/mol. The molecule has 0 bridgehead atoms. The summed E-state index contributed by atoms with van der Waals surface area (Å²) in [6.45, 7) is -0.0327. The summed E-state index contributed by atoms with van der Waals surface area (Å²) in [7, 11) is 1.44. The first-order valence-corrected chi connectivity index (χ1v) is 11.0. The molecule has 8 heteroatoms. The van der Waals surface area contributed by atoms with Crippen LogP contribution in [0.5, 0.6) is 11.5 Å². The number of carbonyl (C=O) groups excluding carboxylic acids is 2. The first-order valence-electron chi connectivity index (χ1n) is 11.0. The van der Waals surface area contributed by atoms with Crippen molar-refractivity contribution in [1.82, 2.24) is 0 Å². The normalized spacial score (nSPS) is 16.6. The van der Waals surface area contributed by atoms with E-state index in [9.17, 15) is 19.2 Å². The van der Waals surface area contributed by atoms with Crippen molar-refractivity contribution in [3.63, 3.8) is 0 Å². The Labute approximate surface area is 205 Å².